The predicted molar refractivity (Wildman–Crippen MR) is 171 cm³/mol. The van der Waals surface area contributed by atoms with E-state index in [2.05, 4.69) is 60.3 Å². The average molecular weight is 687 g/mol. The van der Waals surface area contributed by atoms with Gasteiger partial charge in [-0.3, -0.25) is 9.78 Å². The molecular weight excluding hydrogens is 646 g/mol. The third-order valence-corrected chi connectivity index (χ3v) is 9.37. The number of hydrogen-bond donors (Lipinski definition) is 1. The second-order valence-corrected chi connectivity index (χ2v) is 12.3. The Hall–Kier alpha value is -1.58. The van der Waals surface area contributed by atoms with E-state index < -0.39 is 0 Å². The van der Waals surface area contributed by atoms with Crippen LogP contribution >= 0.6 is 45.8 Å². The van der Waals surface area contributed by atoms with Crippen molar-refractivity contribution in [2.75, 3.05) is 13.1 Å². The van der Waals surface area contributed by atoms with Gasteiger partial charge in [0.1, 0.15) is 5.82 Å². The maximum absolute atomic E-state index is 14.7. The molecule has 3 rings (SSSR count). The Balaban J connectivity index is 2.23. The Kier molecular flexibility index (Phi) is 12.2. The molecule has 0 saturated heterocycles. The number of rotatable bonds is 14. The molecule has 2 unspecified atom stereocenters. The van der Waals surface area contributed by atoms with Gasteiger partial charge in [-0.05, 0) is 71.9 Å². The van der Waals surface area contributed by atoms with E-state index in [-0.39, 0.29) is 11.6 Å². The first kappa shape index (κ1) is 31.9. The van der Waals surface area contributed by atoms with Crippen LogP contribution in [0.3, 0.4) is 0 Å². The third-order valence-electron chi connectivity index (χ3n) is 7.61. The number of benzene rings is 1. The Bertz CT molecular complexity index is 1320. The van der Waals surface area contributed by atoms with Crippen LogP contribution < -0.4 is 5.69 Å². The van der Waals surface area contributed by atoms with Gasteiger partial charge in [-0.1, -0.05) is 95.5 Å². The van der Waals surface area contributed by atoms with E-state index in [1.165, 1.54) is 4.40 Å². The third kappa shape index (κ3) is 7.59. The van der Waals surface area contributed by atoms with Crippen molar-refractivity contribution in [3.05, 3.63) is 53.8 Å². The molecule has 3 aromatic rings. The first-order chi connectivity index (χ1) is 18.7. The lowest BCUT2D eigenvalue weighted by Gasteiger charge is -2.31. The summed E-state index contributed by atoms with van der Waals surface area (Å²) in [7, 11) is 0. The molecular formula is C30H41Cl2IN4O2. The van der Waals surface area contributed by atoms with Crippen LogP contribution in [0, 0.1) is 22.5 Å². The summed E-state index contributed by atoms with van der Waals surface area (Å²) in [6.07, 6.45) is 8.76. The fourth-order valence-corrected chi connectivity index (χ4v) is 6.52. The number of carbonyl (C=O) groups excluding carboxylic acids is 1. The lowest BCUT2D eigenvalue weighted by Crippen LogP contribution is -2.39. The van der Waals surface area contributed by atoms with Gasteiger partial charge in [-0.25, -0.2) is 14.2 Å². The number of fused-ring (bicyclic) bond motifs is 1. The second-order valence-electron chi connectivity index (χ2n) is 10.5. The van der Waals surface area contributed by atoms with Crippen molar-refractivity contribution >= 4 is 57.3 Å². The predicted octanol–water partition coefficient (Wildman–Crippen LogP) is 8.78. The van der Waals surface area contributed by atoms with Crippen molar-refractivity contribution in [1.29, 1.82) is 0 Å². The molecule has 0 saturated carbocycles. The molecule has 0 spiro atoms. The number of nitrogens with zero attached hydrogens (tertiary/aromatic N) is 3. The fourth-order valence-electron chi connectivity index (χ4n) is 5.19. The Morgan fingerprint density at radius 3 is 2.13 bits per heavy atom. The van der Waals surface area contributed by atoms with Gasteiger partial charge in [0.05, 0.1) is 19.3 Å². The summed E-state index contributed by atoms with van der Waals surface area (Å²) < 4.78 is 2.12. The van der Waals surface area contributed by atoms with Crippen molar-refractivity contribution in [3.8, 4) is 11.1 Å². The SMILES string of the molecule is CCCCC(CC)CN(CC(CC)CCCC)C(=O)c1c(-c2ccc(Cl)c(Cl)c2)c(I)n2c(=O)[nH]c(C)nc12. The topological polar surface area (TPSA) is 70.5 Å². The van der Waals surface area contributed by atoms with Crippen LogP contribution in [0.5, 0.6) is 0 Å². The first-order valence-electron chi connectivity index (χ1n) is 14.2. The maximum Gasteiger partial charge on any atom is 0.333 e. The van der Waals surface area contributed by atoms with E-state index in [1.54, 1.807) is 19.1 Å². The summed E-state index contributed by atoms with van der Waals surface area (Å²) in [6.45, 7) is 11.9. The molecule has 0 aliphatic rings. The molecule has 1 N–H and O–H groups in total. The number of H-pyrrole nitrogens is 1. The van der Waals surface area contributed by atoms with Crippen molar-refractivity contribution < 1.29 is 4.79 Å². The van der Waals surface area contributed by atoms with Crippen LogP contribution in [0.4, 0.5) is 0 Å². The molecule has 39 heavy (non-hydrogen) atoms. The van der Waals surface area contributed by atoms with Crippen LogP contribution in [0.25, 0.3) is 16.8 Å². The smallest absolute Gasteiger partial charge is 0.333 e. The summed E-state index contributed by atoms with van der Waals surface area (Å²) in [5, 5.41) is 0.827. The van der Waals surface area contributed by atoms with E-state index in [9.17, 15) is 9.59 Å². The minimum Gasteiger partial charge on any atom is -0.338 e. The highest BCUT2D eigenvalue weighted by Crippen LogP contribution is 2.37. The number of hydrogen-bond acceptors (Lipinski definition) is 3. The molecule has 6 nitrogen and oxygen atoms in total. The van der Waals surface area contributed by atoms with Crippen molar-refractivity contribution in [2.24, 2.45) is 11.8 Å². The standard InChI is InChI=1S/C30H41Cl2IN4O2/c1-6-10-12-20(8-3)17-36(18-21(9-4)13-11-7-2)29(38)26-25(22-14-15-23(31)24(32)16-22)27(33)37-28(26)34-19(5)35-30(37)39/h14-16,20-21H,6-13,17-18H2,1-5H3,(H,34,35,39). The van der Waals surface area contributed by atoms with E-state index >= 15 is 0 Å². The Morgan fingerprint density at radius 1 is 1.03 bits per heavy atom. The number of aryl methyl sites for hydroxylation is 1. The Labute approximate surface area is 256 Å². The number of halogens is 3. The molecule has 2 heterocycles. The highest BCUT2D eigenvalue weighted by Gasteiger charge is 2.31. The molecule has 9 heteroatoms. The molecule has 1 aromatic carbocycles. The fraction of sp³-hybridized carbons (Fsp3) is 0.567. The summed E-state index contributed by atoms with van der Waals surface area (Å²) >= 11 is 14.8. The summed E-state index contributed by atoms with van der Waals surface area (Å²) in [6, 6.07) is 5.33. The van der Waals surface area contributed by atoms with Gasteiger partial charge < -0.3 is 4.90 Å². The van der Waals surface area contributed by atoms with E-state index in [4.69, 9.17) is 23.2 Å². The van der Waals surface area contributed by atoms with Gasteiger partial charge in [-0.15, -0.1) is 0 Å². The highest BCUT2D eigenvalue weighted by molar-refractivity contribution is 14.1. The Morgan fingerprint density at radius 2 is 1.62 bits per heavy atom. The summed E-state index contributed by atoms with van der Waals surface area (Å²) in [5.41, 5.74) is 1.90. The molecule has 0 radical (unpaired) electrons. The number of aromatic nitrogens is 3. The first-order valence-corrected chi connectivity index (χ1v) is 16.0. The molecule has 0 aliphatic heterocycles. The zero-order chi connectivity index (χ0) is 28.7. The number of nitrogens with one attached hydrogen (secondary N) is 1. The monoisotopic (exact) mass is 686 g/mol. The molecule has 0 fully saturated rings. The van der Waals surface area contributed by atoms with Gasteiger partial charge in [0.15, 0.2) is 5.65 Å². The van der Waals surface area contributed by atoms with Crippen LogP contribution in [0.15, 0.2) is 23.0 Å². The zero-order valence-corrected chi connectivity index (χ0v) is 27.4. The van der Waals surface area contributed by atoms with Gasteiger partial charge in [0, 0.05) is 18.7 Å². The molecule has 2 aromatic heterocycles. The van der Waals surface area contributed by atoms with Crippen LogP contribution in [-0.2, 0) is 0 Å². The lowest BCUT2D eigenvalue weighted by molar-refractivity contribution is 0.0687. The van der Waals surface area contributed by atoms with E-state index in [0.29, 0.717) is 61.3 Å². The number of carbonyl (C=O) groups is 1. The van der Waals surface area contributed by atoms with Crippen LogP contribution in [0.2, 0.25) is 10.0 Å². The van der Waals surface area contributed by atoms with Crippen LogP contribution in [0.1, 0.15) is 95.2 Å². The van der Waals surface area contributed by atoms with E-state index in [0.717, 1.165) is 56.9 Å². The lowest BCUT2D eigenvalue weighted by atomic mass is 9.94. The number of unbranched alkanes of at least 4 members (excludes halogenated alkanes) is 2. The molecule has 0 aliphatic carbocycles. The van der Waals surface area contributed by atoms with Gasteiger partial charge in [-0.2, -0.15) is 0 Å². The quantitative estimate of drug-likeness (QED) is 0.172. The largest absolute Gasteiger partial charge is 0.338 e. The van der Waals surface area contributed by atoms with E-state index in [1.807, 2.05) is 11.0 Å². The van der Waals surface area contributed by atoms with Gasteiger partial charge in [0.2, 0.25) is 0 Å². The molecule has 1 amide bonds. The average Bonchev–Trinajstić information content (AvgIpc) is 3.20. The molecule has 0 bridgehead atoms. The van der Waals surface area contributed by atoms with Gasteiger partial charge in [0.25, 0.3) is 5.91 Å². The molecule has 214 valence electrons. The van der Waals surface area contributed by atoms with Gasteiger partial charge >= 0.3 is 5.69 Å². The highest BCUT2D eigenvalue weighted by atomic mass is 127. The maximum atomic E-state index is 14.7. The summed E-state index contributed by atoms with van der Waals surface area (Å²) in [4.78, 5) is 37.3. The van der Waals surface area contributed by atoms with Crippen LogP contribution in [-0.4, -0.2) is 38.3 Å². The van der Waals surface area contributed by atoms with Crippen molar-refractivity contribution in [3.63, 3.8) is 0 Å². The normalized spacial score (nSPS) is 13.1. The number of aromatic amines is 1. The summed E-state index contributed by atoms with van der Waals surface area (Å²) in [5.74, 6) is 1.21. The number of amides is 1. The second kappa shape index (κ2) is 14.9. The molecule has 2 atom stereocenters. The van der Waals surface area contributed by atoms with Crippen molar-refractivity contribution in [2.45, 2.75) is 86.0 Å². The zero-order valence-electron chi connectivity index (χ0n) is 23.7. The minimum atomic E-state index is -0.322. The van der Waals surface area contributed by atoms with Crippen molar-refractivity contribution in [1.82, 2.24) is 19.3 Å². The minimum absolute atomic E-state index is 0.0844.